The minimum atomic E-state index is 0.945. The first-order valence-electron chi connectivity index (χ1n) is 4.60. The smallest absolute Gasteiger partial charge is 0.0757 e. The largest absolute Gasteiger partial charge is 0.263 e. The van der Waals surface area contributed by atoms with Crippen LogP contribution in [-0.2, 0) is 6.42 Å². The molecule has 0 unspecified atom stereocenters. The highest BCUT2D eigenvalue weighted by molar-refractivity contribution is 8.01. The van der Waals surface area contributed by atoms with E-state index in [-0.39, 0.29) is 0 Å². The Labute approximate surface area is 89.9 Å². The van der Waals surface area contributed by atoms with Gasteiger partial charge in [0.1, 0.15) is 0 Å². The van der Waals surface area contributed by atoms with Crippen molar-refractivity contribution in [3.8, 4) is 0 Å². The predicted molar refractivity (Wildman–Crippen MR) is 66.9 cm³/mol. The molecule has 1 aromatic carbocycles. The van der Waals surface area contributed by atoms with Crippen molar-refractivity contribution < 1.29 is 0 Å². The fourth-order valence-electron chi connectivity index (χ4n) is 1.22. The van der Waals surface area contributed by atoms with Crippen LogP contribution in [0.2, 0.25) is 0 Å². The molecule has 74 valence electrons. The van der Waals surface area contributed by atoms with Crippen LogP contribution in [0.5, 0.6) is 0 Å². The van der Waals surface area contributed by atoms with Gasteiger partial charge in [0, 0.05) is 5.56 Å². The third kappa shape index (κ3) is 2.74. The quantitative estimate of drug-likeness (QED) is 0.684. The average Bonchev–Trinajstić information content (AvgIpc) is 2.26. The van der Waals surface area contributed by atoms with Crippen LogP contribution in [0.25, 0.3) is 5.70 Å². The summed E-state index contributed by atoms with van der Waals surface area (Å²) < 4.78 is 0. The molecule has 0 N–H and O–H groups in total. The second kappa shape index (κ2) is 5.66. The SMILES string of the molecule is C=N/C(=C\SC)c1ccc(CC)cc1. The van der Waals surface area contributed by atoms with Gasteiger partial charge in [-0.25, -0.2) is 0 Å². The van der Waals surface area contributed by atoms with E-state index in [2.05, 4.69) is 42.9 Å². The number of aryl methyl sites for hydroxylation is 1. The summed E-state index contributed by atoms with van der Waals surface area (Å²) in [7, 11) is 0. The molecule has 0 bridgehead atoms. The summed E-state index contributed by atoms with van der Waals surface area (Å²) in [6.07, 6.45) is 3.09. The molecule has 0 amide bonds. The first kappa shape index (κ1) is 11.1. The van der Waals surface area contributed by atoms with Crippen LogP contribution in [0.4, 0.5) is 0 Å². The number of aliphatic imine (C=N–C) groups is 1. The van der Waals surface area contributed by atoms with Crippen LogP contribution in [0, 0.1) is 0 Å². The highest BCUT2D eigenvalue weighted by Crippen LogP contribution is 2.19. The van der Waals surface area contributed by atoms with Gasteiger partial charge in [0.05, 0.1) is 5.70 Å². The number of nitrogens with zero attached hydrogens (tertiary/aromatic N) is 1. The minimum absolute atomic E-state index is 0.945. The van der Waals surface area contributed by atoms with E-state index in [4.69, 9.17) is 0 Å². The monoisotopic (exact) mass is 205 g/mol. The van der Waals surface area contributed by atoms with Gasteiger partial charge in [0.25, 0.3) is 0 Å². The molecule has 0 aliphatic rings. The van der Waals surface area contributed by atoms with Crippen molar-refractivity contribution >= 4 is 24.2 Å². The third-order valence-corrected chi connectivity index (χ3v) is 2.52. The van der Waals surface area contributed by atoms with Gasteiger partial charge < -0.3 is 0 Å². The molecular formula is C12H15NS. The average molecular weight is 205 g/mol. The Bertz CT molecular complexity index is 325. The van der Waals surface area contributed by atoms with Crippen molar-refractivity contribution in [3.63, 3.8) is 0 Å². The summed E-state index contributed by atoms with van der Waals surface area (Å²) in [6, 6.07) is 8.45. The van der Waals surface area contributed by atoms with Gasteiger partial charge in [0.2, 0.25) is 0 Å². The molecule has 1 rings (SSSR count). The zero-order valence-electron chi connectivity index (χ0n) is 8.66. The van der Waals surface area contributed by atoms with Gasteiger partial charge in [-0.05, 0) is 30.4 Å². The topological polar surface area (TPSA) is 12.4 Å². The number of hydrogen-bond acceptors (Lipinski definition) is 2. The zero-order valence-corrected chi connectivity index (χ0v) is 9.47. The van der Waals surface area contributed by atoms with E-state index < -0.39 is 0 Å². The van der Waals surface area contributed by atoms with Crippen LogP contribution in [-0.4, -0.2) is 13.0 Å². The van der Waals surface area contributed by atoms with Crippen LogP contribution in [0.3, 0.4) is 0 Å². The van der Waals surface area contributed by atoms with Gasteiger partial charge in [-0.15, -0.1) is 11.8 Å². The van der Waals surface area contributed by atoms with Crippen molar-refractivity contribution in [2.75, 3.05) is 6.26 Å². The van der Waals surface area contributed by atoms with Crippen molar-refractivity contribution in [1.82, 2.24) is 0 Å². The predicted octanol–water partition coefficient (Wildman–Crippen LogP) is 3.61. The molecule has 0 spiro atoms. The Morgan fingerprint density at radius 3 is 2.50 bits per heavy atom. The van der Waals surface area contributed by atoms with E-state index >= 15 is 0 Å². The highest BCUT2D eigenvalue weighted by Gasteiger charge is 1.97. The summed E-state index contributed by atoms with van der Waals surface area (Å²) in [5, 5.41) is 2.01. The van der Waals surface area contributed by atoms with Crippen LogP contribution in [0.15, 0.2) is 34.7 Å². The van der Waals surface area contributed by atoms with E-state index in [9.17, 15) is 0 Å². The maximum Gasteiger partial charge on any atom is 0.0757 e. The van der Waals surface area contributed by atoms with E-state index in [0.29, 0.717) is 0 Å². The van der Waals surface area contributed by atoms with Gasteiger partial charge in [-0.1, -0.05) is 31.2 Å². The molecule has 0 atom stereocenters. The molecule has 1 nitrogen and oxygen atoms in total. The lowest BCUT2D eigenvalue weighted by Crippen LogP contribution is -1.83. The van der Waals surface area contributed by atoms with E-state index in [0.717, 1.165) is 17.7 Å². The maximum atomic E-state index is 3.99. The third-order valence-electron chi connectivity index (χ3n) is 2.06. The molecular weight excluding hydrogens is 190 g/mol. The van der Waals surface area contributed by atoms with Crippen molar-refractivity contribution in [2.45, 2.75) is 13.3 Å². The Balaban J connectivity index is 2.95. The molecule has 1 aromatic rings. The van der Waals surface area contributed by atoms with Gasteiger partial charge in [0.15, 0.2) is 0 Å². The van der Waals surface area contributed by atoms with Crippen molar-refractivity contribution in [1.29, 1.82) is 0 Å². The molecule has 0 fully saturated rings. The Morgan fingerprint density at radius 1 is 1.43 bits per heavy atom. The summed E-state index contributed by atoms with van der Waals surface area (Å²) in [5.41, 5.74) is 3.42. The number of benzene rings is 1. The highest BCUT2D eigenvalue weighted by atomic mass is 32.2. The standard InChI is InChI=1S/C12H15NS/c1-4-10-5-7-11(8-6-10)12(13-2)9-14-3/h5-9H,2,4H2,1,3H3/b12-9-. The van der Waals surface area contributed by atoms with E-state index in [1.807, 2.05) is 11.7 Å². The van der Waals surface area contributed by atoms with Crippen molar-refractivity contribution in [3.05, 3.63) is 40.8 Å². The second-order valence-corrected chi connectivity index (χ2v) is 3.65. The van der Waals surface area contributed by atoms with E-state index in [1.54, 1.807) is 11.8 Å². The molecule has 0 heterocycles. The van der Waals surface area contributed by atoms with Crippen LogP contribution < -0.4 is 0 Å². The molecule has 0 aliphatic carbocycles. The first-order chi connectivity index (χ1) is 6.81. The zero-order chi connectivity index (χ0) is 10.4. The molecule has 0 aliphatic heterocycles. The summed E-state index contributed by atoms with van der Waals surface area (Å²) >= 11 is 1.64. The second-order valence-electron chi connectivity index (χ2n) is 2.95. The van der Waals surface area contributed by atoms with E-state index in [1.165, 1.54) is 5.56 Å². The molecule has 0 radical (unpaired) electrons. The Kier molecular flexibility index (Phi) is 4.47. The molecule has 0 aromatic heterocycles. The summed E-state index contributed by atoms with van der Waals surface area (Å²) in [6.45, 7) is 5.72. The molecule has 14 heavy (non-hydrogen) atoms. The van der Waals surface area contributed by atoms with Gasteiger partial charge >= 0.3 is 0 Å². The lowest BCUT2D eigenvalue weighted by Gasteiger charge is -2.02. The molecule has 0 saturated carbocycles. The summed E-state index contributed by atoms with van der Waals surface area (Å²) in [4.78, 5) is 3.99. The van der Waals surface area contributed by atoms with Crippen LogP contribution in [0.1, 0.15) is 18.1 Å². The molecule has 2 heteroatoms. The lowest BCUT2D eigenvalue weighted by atomic mass is 10.1. The lowest BCUT2D eigenvalue weighted by molar-refractivity contribution is 1.14. The first-order valence-corrected chi connectivity index (χ1v) is 5.89. The Hall–Kier alpha value is -1.02. The van der Waals surface area contributed by atoms with Crippen molar-refractivity contribution in [2.24, 2.45) is 4.99 Å². The number of hydrogen-bond donors (Lipinski definition) is 0. The number of thioether (sulfide) groups is 1. The fraction of sp³-hybridized carbons (Fsp3) is 0.250. The fourth-order valence-corrected chi connectivity index (χ4v) is 1.65. The Morgan fingerprint density at radius 2 is 2.07 bits per heavy atom. The minimum Gasteiger partial charge on any atom is -0.263 e. The normalized spacial score (nSPS) is 11.4. The maximum absolute atomic E-state index is 3.99. The van der Waals surface area contributed by atoms with Gasteiger partial charge in [-0.2, -0.15) is 0 Å². The summed E-state index contributed by atoms with van der Waals surface area (Å²) in [5.74, 6) is 0. The van der Waals surface area contributed by atoms with Gasteiger partial charge in [-0.3, -0.25) is 4.99 Å². The molecule has 0 saturated heterocycles. The van der Waals surface area contributed by atoms with Crippen LogP contribution >= 0.6 is 11.8 Å². The number of rotatable bonds is 4.